The number of aryl methyl sites for hydroxylation is 1. The fourth-order valence-electron chi connectivity index (χ4n) is 3.00. The van der Waals surface area contributed by atoms with Gasteiger partial charge in [-0.3, -0.25) is 4.90 Å². The number of benzene rings is 1. The molecule has 3 rings (SSSR count). The molecule has 1 aromatic carbocycles. The summed E-state index contributed by atoms with van der Waals surface area (Å²) in [5.41, 5.74) is 0. The van der Waals surface area contributed by atoms with Crippen LogP contribution in [0.5, 0.6) is 5.75 Å². The van der Waals surface area contributed by atoms with Gasteiger partial charge in [0.25, 0.3) is 0 Å². The lowest BCUT2D eigenvalue weighted by Crippen LogP contribution is -2.35. The van der Waals surface area contributed by atoms with Crippen molar-refractivity contribution >= 4 is 0 Å². The molecule has 2 aromatic rings. The van der Waals surface area contributed by atoms with Gasteiger partial charge in [0.2, 0.25) is 0 Å². The summed E-state index contributed by atoms with van der Waals surface area (Å²) in [7, 11) is 0. The molecule has 0 saturated carbocycles. The zero-order valence-corrected chi connectivity index (χ0v) is 14.3. The fourth-order valence-corrected chi connectivity index (χ4v) is 3.00. The van der Waals surface area contributed by atoms with Crippen molar-refractivity contribution in [3.05, 3.63) is 42.5 Å². The van der Waals surface area contributed by atoms with Gasteiger partial charge in [-0.15, -0.1) is 0 Å². The maximum atomic E-state index is 5.85. The van der Waals surface area contributed by atoms with Crippen LogP contribution in [0.4, 0.5) is 0 Å². The molecule has 0 bridgehead atoms. The molecule has 0 spiro atoms. The summed E-state index contributed by atoms with van der Waals surface area (Å²) in [6.07, 6.45) is 4.24. The highest BCUT2D eigenvalue weighted by atomic mass is 16.5. The van der Waals surface area contributed by atoms with Crippen molar-refractivity contribution in [3.8, 4) is 5.75 Å². The number of nitrogens with zero attached hydrogens (tertiary/aromatic N) is 4. The number of para-hydroxylation sites is 1. The lowest BCUT2D eigenvalue weighted by Gasteiger charge is -2.24. The van der Waals surface area contributed by atoms with Crippen LogP contribution in [-0.2, 0) is 17.8 Å². The van der Waals surface area contributed by atoms with Crippen LogP contribution < -0.4 is 4.74 Å². The largest absolute Gasteiger partial charge is 0.492 e. The van der Waals surface area contributed by atoms with Gasteiger partial charge >= 0.3 is 0 Å². The molecule has 130 valence electrons. The molecular weight excluding hydrogens is 304 g/mol. The molecule has 1 unspecified atom stereocenters. The van der Waals surface area contributed by atoms with Gasteiger partial charge in [-0.25, -0.2) is 9.67 Å². The Balaban J connectivity index is 1.56. The van der Waals surface area contributed by atoms with E-state index in [2.05, 4.69) is 21.9 Å². The Kier molecular flexibility index (Phi) is 6.20. The molecule has 1 fully saturated rings. The number of hydrogen-bond donors (Lipinski definition) is 0. The van der Waals surface area contributed by atoms with Crippen LogP contribution in [0.15, 0.2) is 36.7 Å². The van der Waals surface area contributed by atoms with Crippen molar-refractivity contribution in [3.63, 3.8) is 0 Å². The minimum absolute atomic E-state index is 0.319. The molecule has 1 aliphatic heterocycles. The zero-order valence-electron chi connectivity index (χ0n) is 14.3. The van der Waals surface area contributed by atoms with Crippen LogP contribution in [0.3, 0.4) is 0 Å². The normalized spacial score (nSPS) is 17.5. The monoisotopic (exact) mass is 330 g/mol. The quantitative estimate of drug-likeness (QED) is 0.706. The molecule has 24 heavy (non-hydrogen) atoms. The molecular formula is C18H26N4O2. The third-order valence-corrected chi connectivity index (χ3v) is 4.27. The Morgan fingerprint density at radius 1 is 1.33 bits per heavy atom. The second-order valence-corrected chi connectivity index (χ2v) is 6.02. The topological polar surface area (TPSA) is 52.4 Å². The molecule has 1 saturated heterocycles. The second-order valence-electron chi connectivity index (χ2n) is 6.02. The van der Waals surface area contributed by atoms with E-state index in [-0.39, 0.29) is 0 Å². The first-order valence-corrected chi connectivity index (χ1v) is 8.73. The molecule has 1 aliphatic rings. The predicted molar refractivity (Wildman–Crippen MR) is 91.9 cm³/mol. The molecule has 6 nitrogen and oxygen atoms in total. The standard InChI is InChI=1S/C18H26N4O2/c1-2-22-18(19-15-20-22)14-21(13-17-9-6-11-23-17)10-12-24-16-7-4-3-5-8-16/h3-5,7-8,15,17H,2,6,9-14H2,1H3. The Morgan fingerprint density at radius 3 is 2.96 bits per heavy atom. The van der Waals surface area contributed by atoms with Gasteiger partial charge in [-0.2, -0.15) is 5.10 Å². The van der Waals surface area contributed by atoms with E-state index in [1.54, 1.807) is 6.33 Å². The average Bonchev–Trinajstić information content (AvgIpc) is 3.27. The first kappa shape index (κ1) is 16.9. The third kappa shape index (κ3) is 4.79. The SMILES string of the molecule is CCn1ncnc1CN(CCOc1ccccc1)CC1CCCO1. The highest BCUT2D eigenvalue weighted by Crippen LogP contribution is 2.15. The second kappa shape index (κ2) is 8.80. The maximum Gasteiger partial charge on any atom is 0.140 e. The summed E-state index contributed by atoms with van der Waals surface area (Å²) in [5.74, 6) is 1.90. The van der Waals surface area contributed by atoms with Gasteiger partial charge < -0.3 is 9.47 Å². The zero-order chi connectivity index (χ0) is 16.6. The van der Waals surface area contributed by atoms with Crippen molar-refractivity contribution in [2.75, 3.05) is 26.3 Å². The molecule has 6 heteroatoms. The average molecular weight is 330 g/mol. The van der Waals surface area contributed by atoms with Gasteiger partial charge in [0.15, 0.2) is 0 Å². The van der Waals surface area contributed by atoms with Crippen LogP contribution in [0.2, 0.25) is 0 Å². The van der Waals surface area contributed by atoms with Gasteiger partial charge in [-0.05, 0) is 31.9 Å². The van der Waals surface area contributed by atoms with E-state index in [1.807, 2.05) is 35.0 Å². The number of ether oxygens (including phenoxy) is 2. The summed E-state index contributed by atoms with van der Waals surface area (Å²) in [6.45, 7) is 6.97. The van der Waals surface area contributed by atoms with E-state index in [1.165, 1.54) is 0 Å². The van der Waals surface area contributed by atoms with E-state index < -0.39 is 0 Å². The van der Waals surface area contributed by atoms with Crippen molar-refractivity contribution in [2.24, 2.45) is 0 Å². The Morgan fingerprint density at radius 2 is 2.21 bits per heavy atom. The lowest BCUT2D eigenvalue weighted by atomic mass is 10.2. The summed E-state index contributed by atoms with van der Waals surface area (Å²) in [4.78, 5) is 6.75. The summed E-state index contributed by atoms with van der Waals surface area (Å²) in [6, 6.07) is 9.94. The Hall–Kier alpha value is -1.92. The van der Waals surface area contributed by atoms with Crippen LogP contribution in [-0.4, -0.2) is 52.1 Å². The smallest absolute Gasteiger partial charge is 0.140 e. The summed E-state index contributed by atoms with van der Waals surface area (Å²) in [5, 5.41) is 4.26. The van der Waals surface area contributed by atoms with E-state index in [0.717, 1.165) is 57.2 Å². The molecule has 2 heterocycles. The van der Waals surface area contributed by atoms with Crippen LogP contribution in [0.25, 0.3) is 0 Å². The van der Waals surface area contributed by atoms with Crippen molar-refractivity contribution in [2.45, 2.75) is 39.0 Å². The van der Waals surface area contributed by atoms with Crippen LogP contribution in [0.1, 0.15) is 25.6 Å². The third-order valence-electron chi connectivity index (χ3n) is 4.27. The molecule has 1 aromatic heterocycles. The molecule has 0 N–H and O–H groups in total. The van der Waals surface area contributed by atoms with Gasteiger partial charge in [0.05, 0.1) is 12.6 Å². The minimum atomic E-state index is 0.319. The molecule has 1 atom stereocenters. The minimum Gasteiger partial charge on any atom is -0.492 e. The predicted octanol–water partition coefficient (Wildman–Crippen LogP) is 2.36. The van der Waals surface area contributed by atoms with E-state index in [4.69, 9.17) is 9.47 Å². The van der Waals surface area contributed by atoms with Crippen molar-refractivity contribution in [1.29, 1.82) is 0 Å². The molecule has 0 radical (unpaired) electrons. The highest BCUT2D eigenvalue weighted by Gasteiger charge is 2.20. The number of rotatable bonds is 9. The van der Waals surface area contributed by atoms with E-state index >= 15 is 0 Å². The highest BCUT2D eigenvalue weighted by molar-refractivity contribution is 5.20. The van der Waals surface area contributed by atoms with E-state index in [9.17, 15) is 0 Å². The first-order valence-electron chi connectivity index (χ1n) is 8.73. The van der Waals surface area contributed by atoms with E-state index in [0.29, 0.717) is 12.7 Å². The van der Waals surface area contributed by atoms with Gasteiger partial charge in [0.1, 0.15) is 24.5 Å². The van der Waals surface area contributed by atoms with Crippen molar-refractivity contribution in [1.82, 2.24) is 19.7 Å². The maximum absolute atomic E-state index is 5.85. The molecule has 0 aliphatic carbocycles. The van der Waals surface area contributed by atoms with Crippen LogP contribution in [0, 0.1) is 0 Å². The van der Waals surface area contributed by atoms with Gasteiger partial charge in [-0.1, -0.05) is 18.2 Å². The molecule has 0 amide bonds. The lowest BCUT2D eigenvalue weighted by molar-refractivity contribution is 0.0639. The fraction of sp³-hybridized carbons (Fsp3) is 0.556. The van der Waals surface area contributed by atoms with Crippen molar-refractivity contribution < 1.29 is 9.47 Å². The summed E-state index contributed by atoms with van der Waals surface area (Å²) >= 11 is 0. The first-order chi connectivity index (χ1) is 11.8. The Labute approximate surface area is 143 Å². The Bertz CT molecular complexity index is 596. The van der Waals surface area contributed by atoms with Crippen LogP contribution >= 0.6 is 0 Å². The van der Waals surface area contributed by atoms with Gasteiger partial charge in [0, 0.05) is 26.2 Å². The number of hydrogen-bond acceptors (Lipinski definition) is 5. The number of aromatic nitrogens is 3. The summed E-state index contributed by atoms with van der Waals surface area (Å²) < 4.78 is 13.6.